The number of nitrogens with one attached hydrogen (secondary N) is 1. The van der Waals surface area contributed by atoms with E-state index in [1.54, 1.807) is 0 Å². The molecule has 0 aliphatic carbocycles. The second kappa shape index (κ2) is 7.75. The Labute approximate surface area is 100 Å². The fraction of sp³-hybridized carbons (Fsp3) is 0.875. The second-order valence-corrected chi connectivity index (χ2v) is 7.97. The van der Waals surface area contributed by atoms with Crippen LogP contribution in [0.3, 0.4) is 0 Å². The number of nitrogens with zero attached hydrogens (tertiary/aromatic N) is 1. The van der Waals surface area contributed by atoms with Crippen LogP contribution in [0, 0.1) is 0 Å². The number of likely N-dealkylation sites (N-methyl/N-ethyl adjacent to an activating group) is 1. The Hall–Kier alpha value is -0.470. The molecule has 0 fully saturated rings. The van der Waals surface area contributed by atoms with Crippen LogP contribution in [0.4, 0.5) is 4.79 Å². The monoisotopic (exact) mass is 270 g/mol. The van der Waals surface area contributed by atoms with Crippen molar-refractivity contribution in [3.63, 3.8) is 0 Å². The number of carbonyl (C=O) groups excluding carboxylic acids is 1. The van der Waals surface area contributed by atoms with Crippen LogP contribution in [0.5, 0.6) is 0 Å². The van der Waals surface area contributed by atoms with Gasteiger partial charge < -0.3 is 15.0 Å². The van der Waals surface area contributed by atoms with E-state index < -0.39 is 15.0 Å². The molecule has 1 N–H and O–H groups in total. The van der Waals surface area contributed by atoms with Crippen LogP contribution in [-0.2, 0) is 13.6 Å². The maximum absolute atomic E-state index is 11.0. The topological polar surface area (TPSA) is 75.7 Å². The minimum atomic E-state index is -3.05. The predicted molar refractivity (Wildman–Crippen MR) is 65.2 cm³/mol. The molecule has 0 aliphatic heterocycles. The third-order valence-corrected chi connectivity index (χ3v) is 3.99. The van der Waals surface area contributed by atoms with Gasteiger partial charge >= 0.3 is 6.09 Å². The molecule has 0 aromatic rings. The van der Waals surface area contributed by atoms with Gasteiger partial charge in [-0.25, -0.2) is 13.2 Å². The van der Waals surface area contributed by atoms with Gasteiger partial charge in [0.1, 0.15) is 6.61 Å². The van der Waals surface area contributed by atoms with E-state index in [1.807, 2.05) is 19.0 Å². The summed E-state index contributed by atoms with van der Waals surface area (Å²) in [4.78, 5) is 13.0. The van der Waals surface area contributed by atoms with Crippen LogP contribution in [0.15, 0.2) is 0 Å². The van der Waals surface area contributed by atoms with Gasteiger partial charge in [-0.3, -0.25) is 0 Å². The number of rotatable bonds is 7. The summed E-state index contributed by atoms with van der Waals surface area (Å²) in [6.07, 6.45) is 0.602. The number of hydrogen-bond acceptors (Lipinski definition) is 6. The molecular weight excluding hydrogens is 252 g/mol. The zero-order valence-corrected chi connectivity index (χ0v) is 11.4. The quantitative estimate of drug-likeness (QED) is 0.517. The summed E-state index contributed by atoms with van der Waals surface area (Å²) in [5.74, 6) is 0.250. The van der Waals surface area contributed by atoms with E-state index >= 15 is 0 Å². The molecule has 1 amide bonds. The summed E-state index contributed by atoms with van der Waals surface area (Å²) < 4.78 is 26.2. The summed E-state index contributed by atoms with van der Waals surface area (Å²) >= 11 is 0. The Balaban J connectivity index is 3.45. The molecule has 0 spiro atoms. The number of amides is 1. The number of carbonyl (C=O) groups is 1. The van der Waals surface area contributed by atoms with E-state index in [0.717, 1.165) is 23.6 Å². The molecule has 0 radical (unpaired) electrons. The lowest BCUT2D eigenvalue weighted by atomic mass is 10.6. The molecule has 0 unspecified atom stereocenters. The van der Waals surface area contributed by atoms with Crippen molar-refractivity contribution in [3.05, 3.63) is 0 Å². The zero-order valence-electron chi connectivity index (χ0n) is 9.73. The van der Waals surface area contributed by atoms with Crippen molar-refractivity contribution in [1.82, 2.24) is 10.2 Å². The van der Waals surface area contributed by atoms with E-state index in [0.29, 0.717) is 6.54 Å². The molecule has 16 heavy (non-hydrogen) atoms. The maximum atomic E-state index is 11.0. The zero-order chi connectivity index (χ0) is 12.6. The van der Waals surface area contributed by atoms with E-state index in [1.165, 1.54) is 0 Å². The first-order valence-corrected chi connectivity index (χ1v) is 8.10. The van der Waals surface area contributed by atoms with E-state index in [4.69, 9.17) is 4.74 Å². The van der Waals surface area contributed by atoms with Gasteiger partial charge in [-0.15, -0.1) is 0 Å². The lowest BCUT2D eigenvalue weighted by Gasteiger charge is -2.10. The molecule has 0 bridgehead atoms. The molecule has 96 valence electrons. The van der Waals surface area contributed by atoms with Gasteiger partial charge in [0.2, 0.25) is 0 Å². The number of hydrogen-bond donors (Lipinski definition) is 1. The predicted octanol–water partition coefficient (Wildman–Crippen LogP) is -0.0330. The van der Waals surface area contributed by atoms with Crippen molar-refractivity contribution < 1.29 is 17.9 Å². The average molecular weight is 270 g/mol. The first-order chi connectivity index (χ1) is 7.31. The van der Waals surface area contributed by atoms with Crippen molar-refractivity contribution in [2.45, 2.75) is 0 Å². The molecule has 0 aromatic heterocycles. The van der Waals surface area contributed by atoms with Crippen molar-refractivity contribution in [3.8, 4) is 0 Å². The fourth-order valence-corrected chi connectivity index (χ4v) is 2.32. The molecule has 8 heteroatoms. The normalized spacial score (nSPS) is 11.5. The van der Waals surface area contributed by atoms with Crippen LogP contribution in [0.2, 0.25) is 0 Å². The standard InChI is InChI=1S/C8H18N2O4S2/c1-10(2)5-4-9-8(11)14-6-7-15-16(3,12)13/h4-7H2,1-3H3,(H,9,11). The second-order valence-electron chi connectivity index (χ2n) is 3.39. The van der Waals surface area contributed by atoms with Crippen molar-refractivity contribution in [1.29, 1.82) is 0 Å². The van der Waals surface area contributed by atoms with Crippen LogP contribution >= 0.6 is 10.8 Å². The molecule has 0 aliphatic rings. The third kappa shape index (κ3) is 11.6. The molecule has 0 rings (SSSR count). The summed E-state index contributed by atoms with van der Waals surface area (Å²) in [5.41, 5.74) is 0. The molecule has 6 nitrogen and oxygen atoms in total. The largest absolute Gasteiger partial charge is 0.449 e. The highest BCUT2D eigenvalue weighted by Gasteiger charge is 2.05. The van der Waals surface area contributed by atoms with Gasteiger partial charge in [0.05, 0.1) is 0 Å². The summed E-state index contributed by atoms with van der Waals surface area (Å²) in [6, 6.07) is 0. The Morgan fingerprint density at radius 2 is 2.06 bits per heavy atom. The van der Waals surface area contributed by atoms with Crippen LogP contribution < -0.4 is 5.32 Å². The molecule has 0 saturated carbocycles. The Kier molecular flexibility index (Phi) is 7.52. The highest BCUT2D eigenvalue weighted by atomic mass is 33.1. The molecular formula is C8H18N2O4S2. The smallest absolute Gasteiger partial charge is 0.407 e. The Morgan fingerprint density at radius 3 is 2.56 bits per heavy atom. The SMILES string of the molecule is CN(C)CCNC(=O)OCCSS(C)(=O)=O. The fourth-order valence-electron chi connectivity index (χ4n) is 0.752. The minimum absolute atomic E-state index is 0.0888. The number of alkyl carbamates (subject to hydrolysis) is 1. The van der Waals surface area contributed by atoms with Crippen molar-refractivity contribution >= 4 is 25.8 Å². The lowest BCUT2D eigenvalue weighted by molar-refractivity contribution is 0.152. The van der Waals surface area contributed by atoms with E-state index in [9.17, 15) is 13.2 Å². The van der Waals surface area contributed by atoms with Gasteiger partial charge in [-0.1, -0.05) is 0 Å². The highest BCUT2D eigenvalue weighted by Crippen LogP contribution is 2.08. The van der Waals surface area contributed by atoms with Crippen LogP contribution in [0.25, 0.3) is 0 Å². The first kappa shape index (κ1) is 15.5. The van der Waals surface area contributed by atoms with Crippen LogP contribution in [-0.4, -0.2) is 65.2 Å². The lowest BCUT2D eigenvalue weighted by Crippen LogP contribution is -2.32. The minimum Gasteiger partial charge on any atom is -0.449 e. The molecule has 0 heterocycles. The van der Waals surface area contributed by atoms with Crippen molar-refractivity contribution in [2.75, 3.05) is 45.8 Å². The van der Waals surface area contributed by atoms with Gasteiger partial charge in [-0.05, 0) is 24.9 Å². The molecule has 0 saturated heterocycles. The summed E-state index contributed by atoms with van der Waals surface area (Å²) in [5, 5.41) is 2.55. The molecule has 0 aromatic carbocycles. The van der Waals surface area contributed by atoms with E-state index in [2.05, 4.69) is 5.32 Å². The average Bonchev–Trinajstić information content (AvgIpc) is 2.10. The highest BCUT2D eigenvalue weighted by molar-refractivity contribution is 8.71. The number of ether oxygens (including phenoxy) is 1. The van der Waals surface area contributed by atoms with Crippen molar-refractivity contribution in [2.24, 2.45) is 0 Å². The third-order valence-electron chi connectivity index (χ3n) is 1.44. The van der Waals surface area contributed by atoms with Gasteiger partial charge in [0.25, 0.3) is 0 Å². The van der Waals surface area contributed by atoms with Crippen LogP contribution in [0.1, 0.15) is 0 Å². The Bertz CT molecular complexity index is 303. The summed E-state index contributed by atoms with van der Waals surface area (Å²) in [6.45, 7) is 1.32. The van der Waals surface area contributed by atoms with Gasteiger partial charge in [-0.2, -0.15) is 0 Å². The Morgan fingerprint density at radius 1 is 1.44 bits per heavy atom. The summed E-state index contributed by atoms with van der Waals surface area (Å²) in [7, 11) is 1.51. The van der Waals surface area contributed by atoms with E-state index in [-0.39, 0.29) is 12.4 Å². The first-order valence-electron chi connectivity index (χ1n) is 4.71. The van der Waals surface area contributed by atoms with Gasteiger partial charge in [0.15, 0.2) is 8.87 Å². The maximum Gasteiger partial charge on any atom is 0.407 e. The van der Waals surface area contributed by atoms with Gasteiger partial charge in [0, 0.05) is 25.1 Å². The molecule has 0 atom stereocenters.